The van der Waals surface area contributed by atoms with Crippen molar-refractivity contribution in [1.29, 1.82) is 0 Å². The van der Waals surface area contributed by atoms with Crippen LogP contribution in [0.15, 0.2) is 21.7 Å². The molecule has 21 heavy (non-hydrogen) atoms. The number of rotatable bonds is 4. The molecule has 0 radical (unpaired) electrons. The Bertz CT molecular complexity index is 777. The van der Waals surface area contributed by atoms with E-state index in [0.717, 1.165) is 27.3 Å². The van der Waals surface area contributed by atoms with Gasteiger partial charge in [-0.05, 0) is 24.6 Å². The summed E-state index contributed by atoms with van der Waals surface area (Å²) in [5.41, 5.74) is 1.51. The van der Waals surface area contributed by atoms with Crippen LogP contribution in [0.1, 0.15) is 16.0 Å². The highest BCUT2D eigenvalue weighted by Gasteiger charge is 2.18. The lowest BCUT2D eigenvalue weighted by molar-refractivity contribution is 0.350. The maximum Gasteiger partial charge on any atom is 0.250 e. The molecule has 112 valence electrons. The molecule has 8 heteroatoms. The molecule has 0 spiro atoms. The van der Waals surface area contributed by atoms with Crippen molar-refractivity contribution in [2.24, 2.45) is 0 Å². The normalized spacial score (nSPS) is 11.2. The molecular weight excluding hydrogens is 350 g/mol. The summed E-state index contributed by atoms with van der Waals surface area (Å²) in [6.07, 6.45) is 0. The van der Waals surface area contributed by atoms with Gasteiger partial charge in [0.2, 0.25) is 10.0 Å². The zero-order chi connectivity index (χ0) is 15.5. The van der Waals surface area contributed by atoms with Crippen LogP contribution in [0.4, 0.5) is 0 Å². The average Bonchev–Trinajstić information content (AvgIpc) is 3.02. The molecule has 0 atom stereocenters. The Morgan fingerprint density at radius 2 is 2.19 bits per heavy atom. The molecule has 0 bridgehead atoms. The van der Waals surface area contributed by atoms with Crippen molar-refractivity contribution in [2.75, 3.05) is 6.61 Å². The highest BCUT2D eigenvalue weighted by atomic mass is 35.5. The Labute approximate surface area is 136 Å². The molecule has 2 rings (SSSR count). The van der Waals surface area contributed by atoms with Crippen LogP contribution in [-0.4, -0.2) is 20.1 Å². The number of hydrogen-bond donors (Lipinski definition) is 2. The molecule has 2 aromatic rings. The lowest BCUT2D eigenvalue weighted by atomic mass is 10.3. The Kier molecular flexibility index (Phi) is 5.43. The monoisotopic (exact) mass is 361 g/mol. The molecule has 0 aliphatic heterocycles. The third kappa shape index (κ3) is 4.30. The third-order valence-corrected chi connectivity index (χ3v) is 6.87. The first-order valence-electron chi connectivity index (χ1n) is 5.85. The van der Waals surface area contributed by atoms with Gasteiger partial charge >= 0.3 is 0 Å². The summed E-state index contributed by atoms with van der Waals surface area (Å²) in [6.45, 7) is 1.77. The van der Waals surface area contributed by atoms with Gasteiger partial charge in [0.05, 0.1) is 4.34 Å². The van der Waals surface area contributed by atoms with E-state index in [1.165, 1.54) is 11.3 Å². The molecule has 2 aromatic heterocycles. The van der Waals surface area contributed by atoms with Crippen LogP contribution < -0.4 is 4.72 Å². The van der Waals surface area contributed by atoms with Gasteiger partial charge in [0.25, 0.3) is 0 Å². The maximum absolute atomic E-state index is 12.1. The molecule has 2 heterocycles. The van der Waals surface area contributed by atoms with E-state index in [1.807, 2.05) is 5.38 Å². The van der Waals surface area contributed by atoms with Crippen molar-refractivity contribution in [3.63, 3.8) is 0 Å². The van der Waals surface area contributed by atoms with Gasteiger partial charge in [-0.1, -0.05) is 23.4 Å². The maximum atomic E-state index is 12.1. The summed E-state index contributed by atoms with van der Waals surface area (Å²) in [7, 11) is -3.55. The smallest absolute Gasteiger partial charge is 0.250 e. The highest BCUT2D eigenvalue weighted by Crippen LogP contribution is 2.30. The van der Waals surface area contributed by atoms with Gasteiger partial charge in [-0.25, -0.2) is 13.1 Å². The van der Waals surface area contributed by atoms with E-state index in [9.17, 15) is 8.42 Å². The van der Waals surface area contributed by atoms with E-state index in [4.69, 9.17) is 16.7 Å². The van der Waals surface area contributed by atoms with Crippen LogP contribution in [0.3, 0.4) is 0 Å². The highest BCUT2D eigenvalue weighted by molar-refractivity contribution is 7.91. The van der Waals surface area contributed by atoms with Crippen molar-refractivity contribution in [1.82, 2.24) is 4.72 Å². The van der Waals surface area contributed by atoms with E-state index in [2.05, 4.69) is 16.6 Å². The first-order valence-corrected chi connectivity index (χ1v) is 9.41. The van der Waals surface area contributed by atoms with E-state index < -0.39 is 10.0 Å². The van der Waals surface area contributed by atoms with Crippen molar-refractivity contribution in [2.45, 2.75) is 17.7 Å². The number of sulfonamides is 1. The van der Waals surface area contributed by atoms with Gasteiger partial charge < -0.3 is 5.11 Å². The number of nitrogens with one attached hydrogen (secondary N) is 1. The van der Waals surface area contributed by atoms with E-state index in [-0.39, 0.29) is 17.4 Å². The standard InChI is InChI=1S/C13H12ClNO3S3/c1-9-5-12(20-13(9)14)21(17,18)15-7-11-6-10(8-19-11)3-2-4-16/h5-6,8,15-16H,4,7H2,1H3. The molecule has 0 aliphatic rings. The number of halogens is 1. The minimum Gasteiger partial charge on any atom is -0.384 e. The summed E-state index contributed by atoms with van der Waals surface area (Å²) >= 11 is 8.35. The Hall–Kier alpha value is -0.880. The number of thiophene rings is 2. The molecule has 4 nitrogen and oxygen atoms in total. The summed E-state index contributed by atoms with van der Waals surface area (Å²) in [5, 5.41) is 10.4. The van der Waals surface area contributed by atoms with Gasteiger partial charge in [-0.2, -0.15) is 0 Å². The summed E-state index contributed by atoms with van der Waals surface area (Å²) in [5.74, 6) is 5.32. The molecule has 0 unspecified atom stereocenters. The van der Waals surface area contributed by atoms with Crippen molar-refractivity contribution in [3.8, 4) is 11.8 Å². The van der Waals surface area contributed by atoms with Gasteiger partial charge in [0.15, 0.2) is 0 Å². The molecular formula is C13H12ClNO3S3. The minimum atomic E-state index is -3.55. The van der Waals surface area contributed by atoms with E-state index in [0.29, 0.717) is 4.34 Å². The Balaban J connectivity index is 2.06. The molecule has 0 fully saturated rings. The molecule has 0 aliphatic carbocycles. The van der Waals surface area contributed by atoms with Crippen molar-refractivity contribution >= 4 is 44.3 Å². The second-order valence-corrected chi connectivity index (χ2v) is 8.75. The molecule has 2 N–H and O–H groups in total. The quantitative estimate of drug-likeness (QED) is 0.822. The average molecular weight is 362 g/mol. The predicted molar refractivity (Wildman–Crippen MR) is 86.4 cm³/mol. The Morgan fingerprint density at radius 1 is 1.43 bits per heavy atom. The first-order chi connectivity index (χ1) is 9.92. The lowest BCUT2D eigenvalue weighted by Gasteiger charge is -2.02. The van der Waals surface area contributed by atoms with Crippen LogP contribution in [0.5, 0.6) is 0 Å². The number of aryl methyl sites for hydroxylation is 1. The lowest BCUT2D eigenvalue weighted by Crippen LogP contribution is -2.21. The van der Waals surface area contributed by atoms with Crippen LogP contribution in [-0.2, 0) is 16.6 Å². The fraction of sp³-hybridized carbons (Fsp3) is 0.231. The van der Waals surface area contributed by atoms with Gasteiger partial charge in [-0.15, -0.1) is 22.7 Å². The Morgan fingerprint density at radius 3 is 2.81 bits per heavy atom. The van der Waals surface area contributed by atoms with Crippen LogP contribution in [0, 0.1) is 18.8 Å². The predicted octanol–water partition coefficient (Wildman–Crippen LogP) is 2.59. The summed E-state index contributed by atoms with van der Waals surface area (Å²) in [4.78, 5) is 0.847. The largest absolute Gasteiger partial charge is 0.384 e. The second-order valence-electron chi connectivity index (χ2n) is 4.11. The zero-order valence-electron chi connectivity index (χ0n) is 11.0. The molecule has 0 amide bonds. The fourth-order valence-electron chi connectivity index (χ4n) is 1.48. The van der Waals surface area contributed by atoms with Gasteiger partial charge in [0.1, 0.15) is 10.8 Å². The van der Waals surface area contributed by atoms with Crippen LogP contribution >= 0.6 is 34.3 Å². The first kappa shape index (κ1) is 16.5. The van der Waals surface area contributed by atoms with Gasteiger partial charge in [-0.3, -0.25) is 0 Å². The topological polar surface area (TPSA) is 66.4 Å². The van der Waals surface area contributed by atoms with Crippen LogP contribution in [0.2, 0.25) is 4.34 Å². The summed E-state index contributed by atoms with van der Waals surface area (Å²) in [6, 6.07) is 3.35. The van der Waals surface area contributed by atoms with Crippen molar-refractivity contribution < 1.29 is 13.5 Å². The molecule has 0 saturated heterocycles. The van der Waals surface area contributed by atoms with E-state index >= 15 is 0 Å². The SMILES string of the molecule is Cc1cc(S(=O)(=O)NCc2cc(C#CCO)cs2)sc1Cl. The molecule has 0 aromatic carbocycles. The van der Waals surface area contributed by atoms with Crippen LogP contribution in [0.25, 0.3) is 0 Å². The minimum absolute atomic E-state index is 0.197. The third-order valence-electron chi connectivity index (χ3n) is 2.50. The number of hydrogen-bond acceptors (Lipinski definition) is 5. The number of aliphatic hydroxyl groups excluding tert-OH is 1. The fourth-order valence-corrected chi connectivity index (χ4v) is 5.09. The van der Waals surface area contributed by atoms with Crippen molar-refractivity contribution in [3.05, 3.63) is 37.9 Å². The summed E-state index contributed by atoms with van der Waals surface area (Å²) < 4.78 is 27.5. The van der Waals surface area contributed by atoms with Gasteiger partial charge in [0, 0.05) is 22.4 Å². The van der Waals surface area contributed by atoms with E-state index in [1.54, 1.807) is 19.1 Å². The second kappa shape index (κ2) is 6.92. The zero-order valence-corrected chi connectivity index (χ0v) is 14.2. The molecule has 0 saturated carbocycles. The number of aliphatic hydroxyl groups is 1.